The Hall–Kier alpha value is -0.920. The number of hydrogen-bond donors (Lipinski definition) is 1. The van der Waals surface area contributed by atoms with E-state index in [0.717, 1.165) is 25.3 Å². The van der Waals surface area contributed by atoms with Crippen molar-refractivity contribution in [2.75, 3.05) is 26.2 Å². The van der Waals surface area contributed by atoms with Gasteiger partial charge in [0.2, 0.25) is 0 Å². The number of hydrogen-bond acceptors (Lipinski definition) is 4. The van der Waals surface area contributed by atoms with Crippen LogP contribution in [0.4, 0.5) is 0 Å². The Labute approximate surface area is 108 Å². The fraction of sp³-hybridized carbons (Fsp3) is 0.727. The molecule has 0 radical (unpaired) electrons. The van der Waals surface area contributed by atoms with Crippen molar-refractivity contribution >= 4 is 10.0 Å². The van der Waals surface area contributed by atoms with Crippen LogP contribution in [0.5, 0.6) is 0 Å². The topological polar surface area (TPSA) is 67.2 Å². The number of rotatable bonds is 3. The monoisotopic (exact) mass is 272 g/mol. The predicted molar refractivity (Wildman–Crippen MR) is 68.9 cm³/mol. The Morgan fingerprint density at radius 2 is 2.17 bits per heavy atom. The maximum atomic E-state index is 12.4. The highest BCUT2D eigenvalue weighted by atomic mass is 32.2. The zero-order valence-electron chi connectivity index (χ0n) is 10.9. The molecule has 2 rings (SSSR count). The van der Waals surface area contributed by atoms with Crippen LogP contribution in [0.2, 0.25) is 0 Å². The van der Waals surface area contributed by atoms with Gasteiger partial charge in [0.25, 0.3) is 10.0 Å². The Balaban J connectivity index is 2.28. The van der Waals surface area contributed by atoms with Crippen molar-refractivity contribution < 1.29 is 8.42 Å². The van der Waals surface area contributed by atoms with Crippen molar-refractivity contribution in [3.8, 4) is 0 Å². The summed E-state index contributed by atoms with van der Waals surface area (Å²) in [5, 5.41) is 3.37. The molecule has 1 saturated heterocycles. The Kier molecular flexibility index (Phi) is 4.04. The molecule has 0 spiro atoms. The summed E-state index contributed by atoms with van der Waals surface area (Å²) in [7, 11) is -3.44. The smallest absolute Gasteiger partial charge is 0.262 e. The highest BCUT2D eigenvalue weighted by Gasteiger charge is 2.27. The first-order chi connectivity index (χ1) is 8.55. The molecular weight excluding hydrogens is 252 g/mol. The lowest BCUT2D eigenvalue weighted by molar-refractivity contribution is 0.430. The molecule has 0 bridgehead atoms. The van der Waals surface area contributed by atoms with Gasteiger partial charge in [0.05, 0.1) is 0 Å². The molecule has 0 atom stereocenters. The molecule has 0 saturated carbocycles. The highest BCUT2D eigenvalue weighted by Crippen LogP contribution is 2.16. The predicted octanol–water partition coefficient (Wildman–Crippen LogP) is 0.195. The van der Waals surface area contributed by atoms with E-state index < -0.39 is 10.0 Å². The number of aryl methyl sites for hydroxylation is 2. The second-order valence-electron chi connectivity index (χ2n) is 4.42. The molecule has 102 valence electrons. The van der Waals surface area contributed by atoms with Crippen LogP contribution in [0.15, 0.2) is 11.2 Å². The summed E-state index contributed by atoms with van der Waals surface area (Å²) >= 11 is 0. The number of nitrogens with one attached hydrogen (secondary N) is 1. The molecule has 1 aromatic rings. The summed E-state index contributed by atoms with van der Waals surface area (Å²) in [6, 6.07) is 0. The van der Waals surface area contributed by atoms with Crippen LogP contribution in [0, 0.1) is 6.92 Å². The van der Waals surface area contributed by atoms with E-state index in [2.05, 4.69) is 10.3 Å². The second kappa shape index (κ2) is 5.38. The normalized spacial score (nSPS) is 18.8. The summed E-state index contributed by atoms with van der Waals surface area (Å²) in [5.74, 6) is 0.740. The van der Waals surface area contributed by atoms with Gasteiger partial charge in [-0.2, -0.15) is 4.31 Å². The lowest BCUT2D eigenvalue weighted by Gasteiger charge is -2.17. The van der Waals surface area contributed by atoms with E-state index in [1.807, 2.05) is 18.4 Å². The maximum Gasteiger partial charge on any atom is 0.262 e. The highest BCUT2D eigenvalue weighted by molar-refractivity contribution is 7.89. The lowest BCUT2D eigenvalue weighted by atomic mass is 10.4. The fourth-order valence-corrected chi connectivity index (χ4v) is 3.59. The molecule has 1 N–H and O–H groups in total. The minimum absolute atomic E-state index is 0.170. The SMILES string of the molecule is CCn1cc(S(=O)(=O)N2CCCNCC2)nc1C. The van der Waals surface area contributed by atoms with Crippen LogP contribution >= 0.6 is 0 Å². The molecule has 0 amide bonds. The Morgan fingerprint density at radius 3 is 2.83 bits per heavy atom. The molecule has 18 heavy (non-hydrogen) atoms. The molecule has 1 aliphatic rings. The first-order valence-electron chi connectivity index (χ1n) is 6.30. The van der Waals surface area contributed by atoms with Gasteiger partial charge in [-0.05, 0) is 26.8 Å². The van der Waals surface area contributed by atoms with Crippen LogP contribution in [0.25, 0.3) is 0 Å². The van der Waals surface area contributed by atoms with Gasteiger partial charge in [0.15, 0.2) is 5.03 Å². The summed E-state index contributed by atoms with van der Waals surface area (Å²) in [4.78, 5) is 4.17. The van der Waals surface area contributed by atoms with Crippen molar-refractivity contribution in [2.24, 2.45) is 0 Å². The van der Waals surface area contributed by atoms with E-state index in [1.165, 1.54) is 4.31 Å². The maximum absolute atomic E-state index is 12.4. The summed E-state index contributed by atoms with van der Waals surface area (Å²) in [6.07, 6.45) is 2.47. The third-order valence-corrected chi connectivity index (χ3v) is 4.97. The molecule has 0 aromatic carbocycles. The second-order valence-corrected chi connectivity index (χ2v) is 6.30. The quantitative estimate of drug-likeness (QED) is 0.853. The molecule has 2 heterocycles. The van der Waals surface area contributed by atoms with E-state index in [9.17, 15) is 8.42 Å². The molecular formula is C11H20N4O2S. The largest absolute Gasteiger partial charge is 0.334 e. The van der Waals surface area contributed by atoms with Gasteiger partial charge in [0.1, 0.15) is 5.82 Å². The van der Waals surface area contributed by atoms with Gasteiger partial charge < -0.3 is 9.88 Å². The van der Waals surface area contributed by atoms with Gasteiger partial charge in [-0.3, -0.25) is 0 Å². The third-order valence-electron chi connectivity index (χ3n) is 3.20. The van der Waals surface area contributed by atoms with Crippen molar-refractivity contribution in [3.63, 3.8) is 0 Å². The zero-order chi connectivity index (χ0) is 13.2. The molecule has 0 aliphatic carbocycles. The van der Waals surface area contributed by atoms with Crippen LogP contribution in [-0.2, 0) is 16.6 Å². The average molecular weight is 272 g/mol. The van der Waals surface area contributed by atoms with Crippen molar-refractivity contribution in [2.45, 2.75) is 31.8 Å². The van der Waals surface area contributed by atoms with E-state index in [-0.39, 0.29) is 5.03 Å². The van der Waals surface area contributed by atoms with Crippen molar-refractivity contribution in [1.29, 1.82) is 0 Å². The molecule has 1 aliphatic heterocycles. The molecule has 1 aromatic heterocycles. The minimum atomic E-state index is -3.44. The van der Waals surface area contributed by atoms with E-state index in [1.54, 1.807) is 6.20 Å². The lowest BCUT2D eigenvalue weighted by Crippen LogP contribution is -2.34. The molecule has 0 unspecified atom stereocenters. The summed E-state index contributed by atoms with van der Waals surface area (Å²) in [5.41, 5.74) is 0. The summed E-state index contributed by atoms with van der Waals surface area (Å²) < 4.78 is 28.3. The van der Waals surface area contributed by atoms with Gasteiger partial charge in [-0.1, -0.05) is 0 Å². The van der Waals surface area contributed by atoms with Gasteiger partial charge in [-0.25, -0.2) is 13.4 Å². The number of aromatic nitrogens is 2. The number of nitrogens with zero attached hydrogens (tertiary/aromatic N) is 3. The first kappa shape index (κ1) is 13.5. The zero-order valence-corrected chi connectivity index (χ0v) is 11.7. The van der Waals surface area contributed by atoms with Crippen LogP contribution in [0.3, 0.4) is 0 Å². The van der Waals surface area contributed by atoms with Gasteiger partial charge in [0, 0.05) is 32.4 Å². The van der Waals surface area contributed by atoms with Crippen molar-refractivity contribution in [1.82, 2.24) is 19.2 Å². The number of sulfonamides is 1. The van der Waals surface area contributed by atoms with Crippen LogP contribution < -0.4 is 5.32 Å². The van der Waals surface area contributed by atoms with Gasteiger partial charge >= 0.3 is 0 Å². The first-order valence-corrected chi connectivity index (χ1v) is 7.74. The van der Waals surface area contributed by atoms with Gasteiger partial charge in [-0.15, -0.1) is 0 Å². The molecule has 6 nitrogen and oxygen atoms in total. The average Bonchev–Trinajstić information content (AvgIpc) is 2.55. The third kappa shape index (κ3) is 2.57. The van der Waals surface area contributed by atoms with Crippen LogP contribution in [-0.4, -0.2) is 48.5 Å². The Bertz CT molecular complexity index is 501. The number of imidazole rings is 1. The minimum Gasteiger partial charge on any atom is -0.334 e. The van der Waals surface area contributed by atoms with E-state index in [4.69, 9.17) is 0 Å². The van der Waals surface area contributed by atoms with E-state index in [0.29, 0.717) is 19.6 Å². The summed E-state index contributed by atoms with van der Waals surface area (Å²) in [6.45, 7) is 7.18. The standard InChI is InChI=1S/C11H20N4O2S/c1-3-14-9-11(13-10(14)2)18(16,17)15-7-4-5-12-6-8-15/h9,12H,3-8H2,1-2H3. The molecule has 1 fully saturated rings. The van der Waals surface area contributed by atoms with E-state index >= 15 is 0 Å². The molecule has 7 heteroatoms. The van der Waals surface area contributed by atoms with Crippen molar-refractivity contribution in [3.05, 3.63) is 12.0 Å². The van der Waals surface area contributed by atoms with Crippen LogP contribution in [0.1, 0.15) is 19.2 Å². The Morgan fingerprint density at radius 1 is 1.39 bits per heavy atom. The fourth-order valence-electron chi connectivity index (χ4n) is 2.12.